The number of rotatable bonds is 13. The van der Waals surface area contributed by atoms with Crippen molar-refractivity contribution in [1.82, 2.24) is 0 Å². The molecule has 0 N–H and O–H groups in total. The topological polar surface area (TPSA) is 192 Å². The fraction of sp³-hybridized carbons (Fsp3) is 0.238. The Balaban J connectivity index is 1.50. The van der Waals surface area contributed by atoms with Crippen LogP contribution in [-0.4, -0.2) is 47.0 Å². The lowest BCUT2D eigenvalue weighted by Gasteiger charge is -2.38. The van der Waals surface area contributed by atoms with Crippen LogP contribution in [0.1, 0.15) is 87.5 Å². The van der Waals surface area contributed by atoms with Crippen molar-refractivity contribution in [2.45, 2.75) is 65.2 Å². The molecule has 0 bridgehead atoms. The first kappa shape index (κ1) is 38.8. The van der Waals surface area contributed by atoms with Gasteiger partial charge in [-0.1, -0.05) is 24.3 Å². The van der Waals surface area contributed by atoms with Gasteiger partial charge in [0.05, 0.1) is 0 Å². The Hall–Kier alpha value is -6.96. The molecule has 4 aromatic carbocycles. The maximum Gasteiger partial charge on any atom is 0.318 e. The zero-order chi connectivity index (χ0) is 40.3. The Morgan fingerprint density at radius 1 is 0.393 bits per heavy atom. The molecule has 0 aromatic heterocycles. The number of Topliss-reactive ketones (excluding diaryl/α,β-unsaturated/α-hetero) is 4. The van der Waals surface area contributed by atoms with Gasteiger partial charge in [-0.3, -0.25) is 38.4 Å². The highest BCUT2D eigenvalue weighted by atomic mass is 16.6. The molecule has 2 heterocycles. The van der Waals surface area contributed by atoms with Crippen LogP contribution >= 0.6 is 0 Å². The van der Waals surface area contributed by atoms with Gasteiger partial charge in [0.1, 0.15) is 94.8 Å². The van der Waals surface area contributed by atoms with E-state index in [1.807, 2.05) is 0 Å². The van der Waals surface area contributed by atoms with E-state index in [1.165, 1.54) is 52.0 Å². The third-order valence-corrected chi connectivity index (χ3v) is 8.55. The van der Waals surface area contributed by atoms with Crippen molar-refractivity contribution in [2.75, 3.05) is 0 Å². The van der Waals surface area contributed by atoms with Crippen LogP contribution < -0.4 is 28.4 Å². The summed E-state index contributed by atoms with van der Waals surface area (Å²) >= 11 is 0. The molecule has 0 aliphatic carbocycles. The van der Waals surface area contributed by atoms with E-state index in [9.17, 15) is 38.4 Å². The molecule has 0 saturated heterocycles. The normalized spacial score (nSPS) is 12.6. The van der Waals surface area contributed by atoms with Crippen LogP contribution in [-0.2, 0) is 38.4 Å². The third kappa shape index (κ3) is 9.04. The van der Waals surface area contributed by atoms with Gasteiger partial charge in [0.15, 0.2) is 0 Å². The van der Waals surface area contributed by atoms with Crippen molar-refractivity contribution >= 4 is 47.0 Å². The van der Waals surface area contributed by atoms with Gasteiger partial charge in [0, 0.05) is 58.4 Å². The van der Waals surface area contributed by atoms with Crippen molar-refractivity contribution in [2.24, 2.45) is 0 Å². The summed E-state index contributed by atoms with van der Waals surface area (Å²) < 4.78 is 34.5. The standard InChI is InChI=1S/C42H34O14/c1-21(43)13-37(47)51-25-5-9-29-33(17-25)55-34-18-26(52-38(48)14-22(2)44)6-10-30(34)41(29)42-31-11-7-27(53-39(49)15-23(3)45)19-35(31)56-36-20-28(8-12-32(36)42)54-40(50)16-24(4)46/h5-12,17-20,41-42H,13-16H2,1-4H3. The molecular formula is C42H34O14. The van der Waals surface area contributed by atoms with Crippen molar-refractivity contribution in [3.8, 4) is 46.0 Å². The molecule has 4 aromatic rings. The molecule has 0 fully saturated rings. The van der Waals surface area contributed by atoms with E-state index < -0.39 is 61.4 Å². The largest absolute Gasteiger partial charge is 0.456 e. The SMILES string of the molecule is CC(=O)CC(=O)Oc1ccc2c(c1)Oc1cc(OC(=O)CC(C)=O)ccc1C2C1c2ccc(OC(=O)CC(C)=O)cc2Oc2cc(OC(=O)CC(C)=O)ccc21. The van der Waals surface area contributed by atoms with Crippen LogP contribution in [0, 0.1) is 0 Å². The Kier molecular flexibility index (Phi) is 11.2. The van der Waals surface area contributed by atoms with E-state index in [0.29, 0.717) is 22.3 Å². The lowest BCUT2D eigenvalue weighted by Crippen LogP contribution is -2.22. The van der Waals surface area contributed by atoms with E-state index >= 15 is 0 Å². The van der Waals surface area contributed by atoms with E-state index in [1.54, 1.807) is 48.5 Å². The molecule has 2 aliphatic rings. The number of benzene rings is 4. The summed E-state index contributed by atoms with van der Waals surface area (Å²) in [7, 11) is 0. The van der Waals surface area contributed by atoms with Crippen molar-refractivity contribution in [3.63, 3.8) is 0 Å². The second-order valence-electron chi connectivity index (χ2n) is 13.4. The summed E-state index contributed by atoms with van der Waals surface area (Å²) in [4.78, 5) is 96.0. The van der Waals surface area contributed by atoms with Gasteiger partial charge in [0.25, 0.3) is 0 Å². The van der Waals surface area contributed by atoms with Gasteiger partial charge < -0.3 is 28.4 Å². The number of esters is 4. The zero-order valence-electron chi connectivity index (χ0n) is 30.6. The molecule has 0 saturated carbocycles. The molecule has 0 atom stereocenters. The second kappa shape index (κ2) is 16.2. The van der Waals surface area contributed by atoms with Gasteiger partial charge in [-0.15, -0.1) is 0 Å². The molecule has 6 rings (SSSR count). The van der Waals surface area contributed by atoms with Crippen LogP contribution in [0.25, 0.3) is 0 Å². The predicted octanol–water partition coefficient (Wildman–Crippen LogP) is 6.40. The molecule has 14 nitrogen and oxygen atoms in total. The number of carbonyl (C=O) groups excluding carboxylic acids is 8. The molecule has 0 radical (unpaired) electrons. The highest BCUT2D eigenvalue weighted by molar-refractivity contribution is 5.96. The fourth-order valence-corrected chi connectivity index (χ4v) is 6.47. The molecule has 2 aliphatic heterocycles. The van der Waals surface area contributed by atoms with Crippen LogP contribution in [0.5, 0.6) is 46.0 Å². The first-order valence-corrected chi connectivity index (χ1v) is 17.4. The summed E-state index contributed by atoms with van der Waals surface area (Å²) in [5.74, 6) is -4.32. The van der Waals surface area contributed by atoms with Crippen molar-refractivity contribution < 1.29 is 66.8 Å². The zero-order valence-corrected chi connectivity index (χ0v) is 30.6. The van der Waals surface area contributed by atoms with Crippen LogP contribution in [0.4, 0.5) is 0 Å². The Morgan fingerprint density at radius 3 is 0.804 bits per heavy atom. The van der Waals surface area contributed by atoms with E-state index in [2.05, 4.69) is 0 Å². The van der Waals surface area contributed by atoms with E-state index in [-0.39, 0.29) is 69.1 Å². The summed E-state index contributed by atoms with van der Waals surface area (Å²) in [6.07, 6.45) is -1.75. The Morgan fingerprint density at radius 2 is 0.607 bits per heavy atom. The van der Waals surface area contributed by atoms with Crippen LogP contribution in [0.15, 0.2) is 72.8 Å². The highest BCUT2D eigenvalue weighted by Crippen LogP contribution is 2.58. The number of carbonyl (C=O) groups is 8. The Labute approximate surface area is 319 Å². The van der Waals surface area contributed by atoms with Crippen LogP contribution in [0.2, 0.25) is 0 Å². The summed E-state index contributed by atoms with van der Waals surface area (Å²) in [5, 5.41) is 0. The fourth-order valence-electron chi connectivity index (χ4n) is 6.47. The van der Waals surface area contributed by atoms with Gasteiger partial charge in [-0.05, 0) is 52.0 Å². The van der Waals surface area contributed by atoms with Gasteiger partial charge in [-0.25, -0.2) is 0 Å². The number of hydrogen-bond acceptors (Lipinski definition) is 14. The highest BCUT2D eigenvalue weighted by Gasteiger charge is 2.41. The number of fused-ring (bicyclic) bond motifs is 4. The lowest BCUT2D eigenvalue weighted by molar-refractivity contribution is -0.139. The average molecular weight is 763 g/mol. The summed E-state index contributed by atoms with van der Waals surface area (Å²) in [6, 6.07) is 19.1. The minimum absolute atomic E-state index is 0.100. The molecule has 0 amide bonds. The molecule has 14 heteroatoms. The molecule has 56 heavy (non-hydrogen) atoms. The van der Waals surface area contributed by atoms with Gasteiger partial charge in [0.2, 0.25) is 0 Å². The number of ketones is 4. The van der Waals surface area contributed by atoms with Gasteiger partial charge >= 0.3 is 23.9 Å². The van der Waals surface area contributed by atoms with Crippen molar-refractivity contribution in [3.05, 3.63) is 95.1 Å². The monoisotopic (exact) mass is 762 g/mol. The maximum atomic E-state index is 12.4. The predicted molar refractivity (Wildman–Crippen MR) is 193 cm³/mol. The van der Waals surface area contributed by atoms with E-state index in [4.69, 9.17) is 28.4 Å². The van der Waals surface area contributed by atoms with Crippen molar-refractivity contribution in [1.29, 1.82) is 0 Å². The Bertz CT molecular complexity index is 2020. The summed E-state index contributed by atoms with van der Waals surface area (Å²) in [6.45, 7) is 5.06. The van der Waals surface area contributed by atoms with Gasteiger partial charge in [-0.2, -0.15) is 0 Å². The summed E-state index contributed by atoms with van der Waals surface area (Å²) in [5.41, 5.74) is 2.51. The lowest BCUT2D eigenvalue weighted by atomic mass is 9.71. The average Bonchev–Trinajstić information content (AvgIpc) is 3.08. The smallest absolute Gasteiger partial charge is 0.318 e. The number of hydrogen-bond donors (Lipinski definition) is 0. The molecule has 0 spiro atoms. The second-order valence-corrected chi connectivity index (χ2v) is 13.4. The number of ether oxygens (including phenoxy) is 6. The first-order valence-electron chi connectivity index (χ1n) is 17.4. The minimum atomic E-state index is -0.767. The molecular weight excluding hydrogens is 728 g/mol. The van der Waals surface area contributed by atoms with E-state index in [0.717, 1.165) is 0 Å². The maximum absolute atomic E-state index is 12.4. The minimum Gasteiger partial charge on any atom is -0.456 e. The third-order valence-electron chi connectivity index (χ3n) is 8.55. The molecule has 0 unspecified atom stereocenters. The first-order chi connectivity index (χ1) is 26.6. The molecule has 286 valence electrons. The van der Waals surface area contributed by atoms with Crippen LogP contribution in [0.3, 0.4) is 0 Å². The quantitative estimate of drug-likeness (QED) is 0.0825.